The average molecular weight is 295 g/mol. The molecule has 0 amide bonds. The Morgan fingerprint density at radius 2 is 1.81 bits per heavy atom. The predicted molar refractivity (Wildman–Crippen MR) is 92.6 cm³/mol. The number of piperidine rings is 1. The summed E-state index contributed by atoms with van der Waals surface area (Å²) in [6.45, 7) is 15.9. The Bertz CT molecular complexity index is 292. The van der Waals surface area contributed by atoms with Crippen molar-refractivity contribution in [2.45, 2.75) is 66.2 Å². The van der Waals surface area contributed by atoms with Crippen LogP contribution in [-0.4, -0.2) is 37.6 Å². The molecule has 21 heavy (non-hydrogen) atoms. The fourth-order valence-electron chi connectivity index (χ4n) is 4.30. The molecule has 2 aliphatic rings. The molecule has 1 aliphatic carbocycles. The highest BCUT2D eigenvalue weighted by Crippen LogP contribution is 2.39. The van der Waals surface area contributed by atoms with Crippen LogP contribution in [0.2, 0.25) is 0 Å². The van der Waals surface area contributed by atoms with Crippen molar-refractivity contribution in [2.24, 2.45) is 23.2 Å². The Morgan fingerprint density at radius 1 is 1.10 bits per heavy atom. The van der Waals surface area contributed by atoms with E-state index in [1.165, 1.54) is 71.2 Å². The van der Waals surface area contributed by atoms with E-state index in [2.05, 4.69) is 37.9 Å². The van der Waals surface area contributed by atoms with Crippen molar-refractivity contribution in [3.63, 3.8) is 0 Å². The topological polar surface area (TPSA) is 15.3 Å². The summed E-state index contributed by atoms with van der Waals surface area (Å²) >= 11 is 0. The van der Waals surface area contributed by atoms with Gasteiger partial charge in [-0.3, -0.25) is 0 Å². The normalized spacial score (nSPS) is 35.3. The quantitative estimate of drug-likeness (QED) is 0.791. The maximum atomic E-state index is 3.78. The molecule has 1 heterocycles. The fraction of sp³-hybridized carbons (Fsp3) is 1.00. The third-order valence-corrected chi connectivity index (χ3v) is 5.69. The third kappa shape index (κ3) is 5.56. The number of rotatable bonds is 6. The van der Waals surface area contributed by atoms with Gasteiger partial charge in [0.15, 0.2) is 0 Å². The molecule has 2 nitrogen and oxygen atoms in total. The number of nitrogens with one attached hydrogen (secondary N) is 1. The van der Waals surface area contributed by atoms with Crippen LogP contribution in [0.3, 0.4) is 0 Å². The second kappa shape index (κ2) is 7.97. The van der Waals surface area contributed by atoms with E-state index in [1.54, 1.807) is 0 Å². The molecule has 1 unspecified atom stereocenters. The summed E-state index contributed by atoms with van der Waals surface area (Å²) in [5, 5.41) is 3.78. The lowest BCUT2D eigenvalue weighted by Crippen LogP contribution is -2.48. The zero-order valence-electron chi connectivity index (χ0n) is 15.0. The molecular formula is C19H38N2. The minimum Gasteiger partial charge on any atom is -0.316 e. The van der Waals surface area contributed by atoms with E-state index in [1.807, 2.05) is 0 Å². The standard InChI is InChI=1S/C19H38N2/c1-16(2)12-20-14-19(9-7-17(3)8-10-19)15-21-11-5-6-18(4)13-21/h16-18,20H,5-15H2,1-4H3. The van der Waals surface area contributed by atoms with Gasteiger partial charge in [0, 0.05) is 19.6 Å². The summed E-state index contributed by atoms with van der Waals surface area (Å²) in [5.74, 6) is 2.62. The molecule has 2 heteroatoms. The van der Waals surface area contributed by atoms with Crippen LogP contribution in [0.4, 0.5) is 0 Å². The Balaban J connectivity index is 1.91. The minimum atomic E-state index is 0.554. The lowest BCUT2D eigenvalue weighted by atomic mass is 9.70. The maximum Gasteiger partial charge on any atom is 0.00503 e. The van der Waals surface area contributed by atoms with Gasteiger partial charge in [0.2, 0.25) is 0 Å². The molecule has 1 atom stereocenters. The second-order valence-electron chi connectivity index (χ2n) is 8.69. The molecule has 1 saturated carbocycles. The summed E-state index contributed by atoms with van der Waals surface area (Å²) in [6.07, 6.45) is 8.59. The fourth-order valence-corrected chi connectivity index (χ4v) is 4.30. The SMILES string of the molecule is CC(C)CNCC1(CN2CCCC(C)C2)CCC(C)CC1. The lowest BCUT2D eigenvalue weighted by Gasteiger charge is -2.45. The molecule has 0 bridgehead atoms. The first kappa shape index (κ1) is 17.3. The highest BCUT2D eigenvalue weighted by molar-refractivity contribution is 4.90. The van der Waals surface area contributed by atoms with Crippen molar-refractivity contribution in [1.82, 2.24) is 10.2 Å². The molecule has 1 saturated heterocycles. The van der Waals surface area contributed by atoms with Crippen LogP contribution in [0.25, 0.3) is 0 Å². The van der Waals surface area contributed by atoms with Gasteiger partial charge in [-0.25, -0.2) is 0 Å². The Kier molecular flexibility index (Phi) is 6.55. The Morgan fingerprint density at radius 3 is 2.43 bits per heavy atom. The van der Waals surface area contributed by atoms with Gasteiger partial charge in [-0.15, -0.1) is 0 Å². The zero-order chi connectivity index (χ0) is 15.3. The molecule has 124 valence electrons. The largest absolute Gasteiger partial charge is 0.316 e. The summed E-state index contributed by atoms with van der Waals surface area (Å²) < 4.78 is 0. The molecule has 0 radical (unpaired) electrons. The molecule has 0 aromatic carbocycles. The Hall–Kier alpha value is -0.0800. The van der Waals surface area contributed by atoms with E-state index >= 15 is 0 Å². The van der Waals surface area contributed by atoms with Gasteiger partial charge in [-0.05, 0) is 61.9 Å². The summed E-state index contributed by atoms with van der Waals surface area (Å²) in [7, 11) is 0. The van der Waals surface area contributed by atoms with Crippen molar-refractivity contribution in [3.05, 3.63) is 0 Å². The molecule has 0 spiro atoms. The Labute approximate surface area is 133 Å². The van der Waals surface area contributed by atoms with Gasteiger partial charge in [0.25, 0.3) is 0 Å². The second-order valence-corrected chi connectivity index (χ2v) is 8.69. The highest BCUT2D eigenvalue weighted by Gasteiger charge is 2.36. The summed E-state index contributed by atoms with van der Waals surface area (Å²) in [4.78, 5) is 2.78. The van der Waals surface area contributed by atoms with E-state index < -0.39 is 0 Å². The van der Waals surface area contributed by atoms with Crippen molar-refractivity contribution in [1.29, 1.82) is 0 Å². The van der Waals surface area contributed by atoms with Gasteiger partial charge in [-0.2, -0.15) is 0 Å². The first-order valence-electron chi connectivity index (χ1n) is 9.42. The lowest BCUT2D eigenvalue weighted by molar-refractivity contribution is 0.0640. The molecule has 2 rings (SSSR count). The molecule has 0 aromatic heterocycles. The summed E-state index contributed by atoms with van der Waals surface area (Å²) in [5.41, 5.74) is 0.554. The minimum absolute atomic E-state index is 0.554. The van der Waals surface area contributed by atoms with Crippen molar-refractivity contribution in [3.8, 4) is 0 Å². The number of hydrogen-bond acceptors (Lipinski definition) is 2. The first-order chi connectivity index (χ1) is 9.99. The van der Waals surface area contributed by atoms with Gasteiger partial charge in [0.1, 0.15) is 0 Å². The molecule has 1 N–H and O–H groups in total. The van der Waals surface area contributed by atoms with E-state index in [-0.39, 0.29) is 0 Å². The molecular weight excluding hydrogens is 256 g/mol. The van der Waals surface area contributed by atoms with E-state index in [9.17, 15) is 0 Å². The van der Waals surface area contributed by atoms with Crippen molar-refractivity contribution < 1.29 is 0 Å². The van der Waals surface area contributed by atoms with Gasteiger partial charge >= 0.3 is 0 Å². The third-order valence-electron chi connectivity index (χ3n) is 5.69. The zero-order valence-corrected chi connectivity index (χ0v) is 15.0. The smallest absolute Gasteiger partial charge is 0.00503 e. The van der Waals surface area contributed by atoms with E-state index in [0.29, 0.717) is 5.41 Å². The van der Waals surface area contributed by atoms with Crippen LogP contribution in [-0.2, 0) is 0 Å². The van der Waals surface area contributed by atoms with Gasteiger partial charge in [0.05, 0.1) is 0 Å². The van der Waals surface area contributed by atoms with Crippen molar-refractivity contribution >= 4 is 0 Å². The molecule has 1 aliphatic heterocycles. The van der Waals surface area contributed by atoms with Crippen LogP contribution in [0, 0.1) is 23.2 Å². The maximum absolute atomic E-state index is 3.78. The number of hydrogen-bond donors (Lipinski definition) is 1. The van der Waals surface area contributed by atoms with Crippen LogP contribution in [0.5, 0.6) is 0 Å². The van der Waals surface area contributed by atoms with Crippen LogP contribution in [0.15, 0.2) is 0 Å². The van der Waals surface area contributed by atoms with Crippen LogP contribution < -0.4 is 5.32 Å². The summed E-state index contributed by atoms with van der Waals surface area (Å²) in [6, 6.07) is 0. The first-order valence-corrected chi connectivity index (χ1v) is 9.42. The van der Waals surface area contributed by atoms with Crippen LogP contribution in [0.1, 0.15) is 66.2 Å². The van der Waals surface area contributed by atoms with Crippen molar-refractivity contribution in [2.75, 3.05) is 32.7 Å². The molecule has 0 aromatic rings. The number of nitrogens with zero attached hydrogens (tertiary/aromatic N) is 1. The highest BCUT2D eigenvalue weighted by atomic mass is 15.1. The van der Waals surface area contributed by atoms with Crippen LogP contribution >= 0.6 is 0 Å². The van der Waals surface area contributed by atoms with Gasteiger partial charge in [-0.1, -0.05) is 40.5 Å². The van der Waals surface area contributed by atoms with E-state index in [0.717, 1.165) is 17.8 Å². The predicted octanol–water partition coefficient (Wildman–Crippen LogP) is 4.16. The monoisotopic (exact) mass is 294 g/mol. The average Bonchev–Trinajstić information content (AvgIpc) is 2.42. The van der Waals surface area contributed by atoms with E-state index in [4.69, 9.17) is 0 Å². The van der Waals surface area contributed by atoms with Gasteiger partial charge < -0.3 is 10.2 Å². The molecule has 2 fully saturated rings. The number of likely N-dealkylation sites (tertiary alicyclic amines) is 1.